The number of esters is 1. The maximum Gasteiger partial charge on any atom is 0.338 e. The number of carbonyl (C=O) groups excluding carboxylic acids is 1. The summed E-state index contributed by atoms with van der Waals surface area (Å²) in [6.45, 7) is -0.104. The molecule has 4 heteroatoms. The number of aliphatic hydroxyl groups excluding tert-OH is 1. The molecule has 0 spiro atoms. The van der Waals surface area contributed by atoms with E-state index in [1.54, 1.807) is 12.1 Å². The predicted octanol–water partition coefficient (Wildman–Crippen LogP) is 1.83. The first-order valence-corrected chi connectivity index (χ1v) is 7.27. The van der Waals surface area contributed by atoms with Crippen LogP contribution in [0.5, 0.6) is 0 Å². The zero-order valence-corrected chi connectivity index (χ0v) is 11.8. The molecule has 0 aliphatic carbocycles. The number of benzene rings is 1. The third-order valence-electron chi connectivity index (χ3n) is 4.92. The number of ether oxygens (including phenoxy) is 1. The van der Waals surface area contributed by atoms with Gasteiger partial charge in [0.05, 0.1) is 18.2 Å². The van der Waals surface area contributed by atoms with Gasteiger partial charge in [-0.3, -0.25) is 4.90 Å². The highest BCUT2D eigenvalue weighted by molar-refractivity contribution is 5.89. The van der Waals surface area contributed by atoms with Gasteiger partial charge >= 0.3 is 5.97 Å². The van der Waals surface area contributed by atoms with Gasteiger partial charge in [-0.2, -0.15) is 0 Å². The van der Waals surface area contributed by atoms with Crippen molar-refractivity contribution in [1.29, 1.82) is 0 Å². The molecular formula is C16H21NO3. The molecule has 2 fully saturated rings. The summed E-state index contributed by atoms with van der Waals surface area (Å²) in [5.41, 5.74) is -0.197. The number of hydrogen-bond donors (Lipinski definition) is 1. The SMILES string of the molecule is CN1C2CCC1[C@](CO)(OC(=O)c1ccccc1)CC2. The first-order chi connectivity index (χ1) is 9.66. The zero-order valence-electron chi connectivity index (χ0n) is 11.8. The van der Waals surface area contributed by atoms with Crippen molar-refractivity contribution >= 4 is 5.97 Å². The summed E-state index contributed by atoms with van der Waals surface area (Å²) < 4.78 is 5.78. The lowest BCUT2D eigenvalue weighted by molar-refractivity contribution is -0.110. The lowest BCUT2D eigenvalue weighted by Gasteiger charge is -2.45. The van der Waals surface area contributed by atoms with E-state index in [4.69, 9.17) is 4.74 Å². The fourth-order valence-corrected chi connectivity index (χ4v) is 3.73. The molecule has 2 bridgehead atoms. The molecule has 3 rings (SSSR count). The van der Waals surface area contributed by atoms with Gasteiger partial charge in [0.25, 0.3) is 0 Å². The van der Waals surface area contributed by atoms with Gasteiger partial charge in [0.1, 0.15) is 0 Å². The van der Waals surface area contributed by atoms with Crippen LogP contribution in [0.25, 0.3) is 0 Å². The zero-order chi connectivity index (χ0) is 14.2. The Morgan fingerprint density at radius 3 is 2.80 bits per heavy atom. The summed E-state index contributed by atoms with van der Waals surface area (Å²) in [4.78, 5) is 14.6. The number of rotatable bonds is 3. The van der Waals surface area contributed by atoms with E-state index in [2.05, 4.69) is 11.9 Å². The summed E-state index contributed by atoms with van der Waals surface area (Å²) in [6.07, 6.45) is 3.85. The number of aliphatic hydroxyl groups is 1. The monoisotopic (exact) mass is 275 g/mol. The van der Waals surface area contributed by atoms with Gasteiger partial charge in [-0.15, -0.1) is 0 Å². The van der Waals surface area contributed by atoms with Crippen LogP contribution in [0.2, 0.25) is 0 Å². The summed E-state index contributed by atoms with van der Waals surface area (Å²) >= 11 is 0. The van der Waals surface area contributed by atoms with E-state index in [9.17, 15) is 9.90 Å². The standard InChI is InChI=1S/C16H21NO3/c1-17-13-7-8-14(17)16(11-18,10-9-13)20-15(19)12-5-3-2-4-6-12/h2-6,13-14,18H,7-11H2,1H3/t13?,14?,16-/m0/s1. The Bertz CT molecular complexity index is 490. The third kappa shape index (κ3) is 2.13. The Morgan fingerprint density at radius 2 is 2.10 bits per heavy atom. The Labute approximate surface area is 119 Å². The maximum atomic E-state index is 12.3. The first-order valence-electron chi connectivity index (χ1n) is 7.27. The van der Waals surface area contributed by atoms with E-state index in [1.165, 1.54) is 0 Å². The maximum absolute atomic E-state index is 12.3. The summed E-state index contributed by atoms with van der Waals surface area (Å²) in [7, 11) is 2.07. The van der Waals surface area contributed by atoms with Crippen molar-refractivity contribution in [2.45, 2.75) is 43.4 Å². The fourth-order valence-electron chi connectivity index (χ4n) is 3.73. The number of likely N-dealkylation sites (N-methyl/N-ethyl adjacent to an activating group) is 1. The van der Waals surface area contributed by atoms with Crippen LogP contribution in [-0.4, -0.2) is 47.3 Å². The molecule has 0 radical (unpaired) electrons. The van der Waals surface area contributed by atoms with Gasteiger partial charge in [-0.1, -0.05) is 18.2 Å². The molecule has 2 saturated heterocycles. The van der Waals surface area contributed by atoms with E-state index >= 15 is 0 Å². The molecule has 2 heterocycles. The molecule has 0 aromatic heterocycles. The molecule has 20 heavy (non-hydrogen) atoms. The minimum atomic E-state index is -0.741. The second-order valence-electron chi connectivity index (χ2n) is 5.93. The predicted molar refractivity (Wildman–Crippen MR) is 75.5 cm³/mol. The minimum Gasteiger partial charge on any atom is -0.451 e. The molecular weight excluding hydrogens is 254 g/mol. The second-order valence-corrected chi connectivity index (χ2v) is 5.93. The van der Waals surface area contributed by atoms with Crippen molar-refractivity contribution in [2.75, 3.05) is 13.7 Å². The summed E-state index contributed by atoms with van der Waals surface area (Å²) in [6, 6.07) is 9.72. The van der Waals surface area contributed by atoms with Gasteiger partial charge in [-0.25, -0.2) is 4.79 Å². The van der Waals surface area contributed by atoms with Crippen LogP contribution in [0.4, 0.5) is 0 Å². The molecule has 1 aromatic carbocycles. The Hall–Kier alpha value is -1.39. The molecule has 3 atom stereocenters. The van der Waals surface area contributed by atoms with Crippen LogP contribution in [0, 0.1) is 0 Å². The van der Waals surface area contributed by atoms with Gasteiger partial charge in [0.2, 0.25) is 0 Å². The molecule has 1 N–H and O–H groups in total. The van der Waals surface area contributed by atoms with E-state index in [0.717, 1.165) is 25.7 Å². The summed E-state index contributed by atoms with van der Waals surface area (Å²) in [5, 5.41) is 9.87. The van der Waals surface area contributed by atoms with Crippen LogP contribution < -0.4 is 0 Å². The van der Waals surface area contributed by atoms with Crippen LogP contribution in [0.3, 0.4) is 0 Å². The van der Waals surface area contributed by atoms with E-state index in [-0.39, 0.29) is 18.6 Å². The van der Waals surface area contributed by atoms with Crippen molar-refractivity contribution in [2.24, 2.45) is 0 Å². The van der Waals surface area contributed by atoms with Crippen LogP contribution >= 0.6 is 0 Å². The Morgan fingerprint density at radius 1 is 1.35 bits per heavy atom. The van der Waals surface area contributed by atoms with Crippen molar-refractivity contribution in [3.05, 3.63) is 35.9 Å². The highest BCUT2D eigenvalue weighted by Gasteiger charge is 2.52. The molecule has 0 saturated carbocycles. The number of piperidine rings is 1. The molecule has 2 aliphatic heterocycles. The molecule has 1 aromatic rings. The number of hydrogen-bond acceptors (Lipinski definition) is 4. The highest BCUT2D eigenvalue weighted by atomic mass is 16.6. The van der Waals surface area contributed by atoms with E-state index in [1.807, 2.05) is 18.2 Å². The number of carbonyl (C=O) groups is 1. The Kier molecular flexibility index (Phi) is 3.52. The van der Waals surface area contributed by atoms with Crippen molar-refractivity contribution in [3.63, 3.8) is 0 Å². The quantitative estimate of drug-likeness (QED) is 0.855. The molecule has 2 aliphatic rings. The molecule has 0 amide bonds. The normalized spacial score (nSPS) is 33.1. The lowest BCUT2D eigenvalue weighted by Crippen LogP contribution is -2.58. The summed E-state index contributed by atoms with van der Waals surface area (Å²) in [5.74, 6) is -0.335. The fraction of sp³-hybridized carbons (Fsp3) is 0.562. The van der Waals surface area contributed by atoms with Gasteiger partial charge < -0.3 is 9.84 Å². The third-order valence-corrected chi connectivity index (χ3v) is 4.92. The van der Waals surface area contributed by atoms with Crippen molar-refractivity contribution in [1.82, 2.24) is 4.90 Å². The number of nitrogens with zero attached hydrogens (tertiary/aromatic N) is 1. The first kappa shape index (κ1) is 13.6. The smallest absolute Gasteiger partial charge is 0.338 e. The average molecular weight is 275 g/mol. The topological polar surface area (TPSA) is 49.8 Å². The molecule has 2 unspecified atom stereocenters. The molecule has 4 nitrogen and oxygen atoms in total. The molecule has 108 valence electrons. The lowest BCUT2D eigenvalue weighted by atomic mass is 9.86. The van der Waals surface area contributed by atoms with Crippen molar-refractivity contribution < 1.29 is 14.6 Å². The van der Waals surface area contributed by atoms with Gasteiger partial charge in [-0.05, 0) is 44.9 Å². The van der Waals surface area contributed by atoms with E-state index < -0.39 is 5.60 Å². The average Bonchev–Trinajstić information content (AvgIpc) is 2.75. The Balaban J connectivity index is 1.81. The van der Waals surface area contributed by atoms with Gasteiger partial charge in [0.15, 0.2) is 5.60 Å². The van der Waals surface area contributed by atoms with Crippen LogP contribution in [0.1, 0.15) is 36.0 Å². The minimum absolute atomic E-state index is 0.104. The number of fused-ring (bicyclic) bond motifs is 2. The van der Waals surface area contributed by atoms with Crippen LogP contribution in [0.15, 0.2) is 30.3 Å². The second kappa shape index (κ2) is 5.19. The van der Waals surface area contributed by atoms with Gasteiger partial charge in [0, 0.05) is 6.04 Å². The highest BCUT2D eigenvalue weighted by Crippen LogP contribution is 2.42. The largest absolute Gasteiger partial charge is 0.451 e. The van der Waals surface area contributed by atoms with Crippen LogP contribution in [-0.2, 0) is 4.74 Å². The van der Waals surface area contributed by atoms with Crippen molar-refractivity contribution in [3.8, 4) is 0 Å². The van der Waals surface area contributed by atoms with E-state index in [0.29, 0.717) is 11.6 Å².